The van der Waals surface area contributed by atoms with Crippen LogP contribution in [-0.4, -0.2) is 103 Å². The molecule has 3 aliphatic carbocycles. The number of carbonyl (C=O) groups is 3. The molecule has 364 valence electrons. The van der Waals surface area contributed by atoms with Crippen molar-refractivity contribution in [3.8, 4) is 36.4 Å². The summed E-state index contributed by atoms with van der Waals surface area (Å²) in [4.78, 5) is 48.9. The van der Waals surface area contributed by atoms with Crippen molar-refractivity contribution >= 4 is 17.9 Å². The van der Waals surface area contributed by atoms with Crippen LogP contribution in [0, 0.1) is 101 Å². The Hall–Kier alpha value is -6.59. The Morgan fingerprint density at radius 3 is 1.35 bits per heavy atom. The van der Waals surface area contributed by atoms with E-state index in [9.17, 15) is 51.1 Å². The largest absolute Gasteiger partial charge is 0.464 e. The van der Waals surface area contributed by atoms with Gasteiger partial charge in [-0.15, -0.1) is 0 Å². The van der Waals surface area contributed by atoms with Crippen molar-refractivity contribution in [1.29, 1.82) is 31.6 Å². The molecule has 0 saturated carbocycles. The van der Waals surface area contributed by atoms with Crippen molar-refractivity contribution < 1.29 is 33.7 Å². The van der Waals surface area contributed by atoms with Crippen LogP contribution < -0.4 is 0 Å². The Bertz CT molecular complexity index is 2390. The van der Waals surface area contributed by atoms with Crippen LogP contribution in [0.2, 0.25) is 0 Å². The third-order valence-corrected chi connectivity index (χ3v) is 14.6. The molecule has 0 radical (unpaired) electrons. The predicted octanol–water partition coefficient (Wildman–Crippen LogP) is 7.07. The fourth-order valence-electron chi connectivity index (χ4n) is 11.1. The molecule has 16 nitrogen and oxygen atoms in total. The van der Waals surface area contributed by atoms with Gasteiger partial charge in [0.2, 0.25) is 0 Å². The van der Waals surface area contributed by atoms with Crippen LogP contribution >= 0.6 is 0 Å². The molecule has 0 aromatic carbocycles. The summed E-state index contributed by atoms with van der Waals surface area (Å²) in [6.07, 6.45) is 8.18. The van der Waals surface area contributed by atoms with Crippen molar-refractivity contribution in [2.24, 2.45) is 33.5 Å². The van der Waals surface area contributed by atoms with Crippen LogP contribution in [0.1, 0.15) is 119 Å². The molecule has 2 atom stereocenters. The van der Waals surface area contributed by atoms with E-state index in [1.165, 1.54) is 0 Å². The van der Waals surface area contributed by atoms with Gasteiger partial charge >= 0.3 is 17.9 Å². The van der Waals surface area contributed by atoms with Gasteiger partial charge in [0.1, 0.15) is 55.2 Å². The zero-order chi connectivity index (χ0) is 50.3. The van der Waals surface area contributed by atoms with Gasteiger partial charge in [0.25, 0.3) is 0 Å². The molecular weight excluding hydrogens is 875 g/mol. The van der Waals surface area contributed by atoms with Crippen LogP contribution in [-0.2, 0) is 28.6 Å². The lowest BCUT2D eigenvalue weighted by molar-refractivity contribution is -0.164. The average Bonchev–Trinajstić information content (AvgIpc) is 4.14. The molecule has 0 aromatic heterocycles. The number of hydrogen-bond acceptors (Lipinski definition) is 16. The van der Waals surface area contributed by atoms with E-state index in [0.29, 0.717) is 31.3 Å². The monoisotopic (exact) mass is 940 g/mol. The number of carbonyl (C=O) groups excluding carboxylic acids is 3. The molecule has 3 fully saturated rings. The van der Waals surface area contributed by atoms with Gasteiger partial charge < -0.3 is 34.0 Å². The summed E-state index contributed by atoms with van der Waals surface area (Å²) in [6, 6.07) is 12.8. The minimum Gasteiger partial charge on any atom is -0.464 e. The molecule has 6 aliphatic rings. The van der Waals surface area contributed by atoms with Crippen molar-refractivity contribution in [2.45, 2.75) is 119 Å². The molecule has 0 spiro atoms. The molecule has 0 bridgehead atoms. The highest BCUT2D eigenvalue weighted by atomic mass is 16.6. The number of nitrogens with zero attached hydrogens (tertiary/aromatic N) is 9. The second kappa shape index (κ2) is 21.4. The smallest absolute Gasteiger partial charge is 0.349 e. The zero-order valence-corrected chi connectivity index (χ0v) is 41.1. The van der Waals surface area contributed by atoms with Crippen molar-refractivity contribution in [3.05, 3.63) is 56.1 Å². The fourth-order valence-corrected chi connectivity index (χ4v) is 11.1. The molecule has 0 amide bonds. The predicted molar refractivity (Wildman–Crippen MR) is 250 cm³/mol. The number of rotatable bonds is 14. The Labute approximate surface area is 406 Å². The highest BCUT2D eigenvalue weighted by molar-refractivity contribution is 5.96. The van der Waals surface area contributed by atoms with Gasteiger partial charge in [-0.2, -0.15) is 31.6 Å². The van der Waals surface area contributed by atoms with Gasteiger partial charge in [0.15, 0.2) is 5.92 Å². The molecule has 3 aliphatic heterocycles. The lowest BCUT2D eigenvalue weighted by Crippen LogP contribution is -2.44. The van der Waals surface area contributed by atoms with E-state index in [1.54, 1.807) is 0 Å². The lowest BCUT2D eigenvalue weighted by Gasteiger charge is -2.41. The van der Waals surface area contributed by atoms with Gasteiger partial charge in [-0.1, -0.05) is 41.5 Å². The van der Waals surface area contributed by atoms with Crippen LogP contribution in [0.15, 0.2) is 56.1 Å². The van der Waals surface area contributed by atoms with Crippen molar-refractivity contribution in [2.75, 3.05) is 65.7 Å². The summed E-state index contributed by atoms with van der Waals surface area (Å²) >= 11 is 0. The molecule has 0 aromatic rings. The lowest BCUT2D eigenvalue weighted by atomic mass is 9.67. The SMILES string of the molecule is CC1(C)CC(N2CCCC2)=C(C#N)/C(=C(\C#N)C(=O)OCC(CO)(COC(=O)/C(C#N)=C2\CC(C)(C)CC(N3CCCC3)=C2C#N)COC(=O)C(C#N)C2CC(C)(C)CC(N3CCCC3)=C2C#N)C1. The summed E-state index contributed by atoms with van der Waals surface area (Å²) in [7, 11) is 0. The maximum Gasteiger partial charge on any atom is 0.349 e. The number of ether oxygens (including phenoxy) is 3. The topological polar surface area (TPSA) is 252 Å². The van der Waals surface area contributed by atoms with E-state index < -0.39 is 83.6 Å². The van der Waals surface area contributed by atoms with E-state index >= 15 is 0 Å². The first kappa shape index (κ1) is 51.8. The molecule has 16 heteroatoms. The molecular formula is C53H65N9O7. The first-order valence-corrected chi connectivity index (χ1v) is 24.2. The van der Waals surface area contributed by atoms with E-state index in [1.807, 2.05) is 53.7 Å². The van der Waals surface area contributed by atoms with E-state index in [0.717, 1.165) is 94.9 Å². The minimum absolute atomic E-state index is 0.221. The number of aliphatic hydroxyl groups is 1. The van der Waals surface area contributed by atoms with E-state index in [2.05, 4.69) is 39.0 Å². The van der Waals surface area contributed by atoms with E-state index in [4.69, 9.17) is 14.2 Å². The molecule has 2 unspecified atom stereocenters. The third-order valence-electron chi connectivity index (χ3n) is 14.6. The van der Waals surface area contributed by atoms with Crippen LogP contribution in [0.5, 0.6) is 0 Å². The molecule has 3 heterocycles. The highest BCUT2D eigenvalue weighted by Crippen LogP contribution is 2.48. The molecule has 3 saturated heterocycles. The fraction of sp³-hybridized carbons (Fsp3) is 0.642. The van der Waals surface area contributed by atoms with Gasteiger partial charge in [-0.25, -0.2) is 9.59 Å². The Morgan fingerprint density at radius 2 is 0.986 bits per heavy atom. The first-order valence-electron chi connectivity index (χ1n) is 24.2. The van der Waals surface area contributed by atoms with Gasteiger partial charge in [0, 0.05) is 62.3 Å². The summed E-state index contributed by atoms with van der Waals surface area (Å²) in [5, 5.41) is 74.2. The van der Waals surface area contributed by atoms with Gasteiger partial charge in [-0.05, 0) is 104 Å². The summed E-state index contributed by atoms with van der Waals surface area (Å²) in [5.74, 6) is -5.51. The molecule has 1 N–H and O–H groups in total. The summed E-state index contributed by atoms with van der Waals surface area (Å²) in [5.41, 5.74) is -0.374. The normalized spacial score (nSPS) is 24.0. The van der Waals surface area contributed by atoms with Gasteiger partial charge in [0.05, 0.1) is 40.9 Å². The van der Waals surface area contributed by atoms with Crippen LogP contribution in [0.25, 0.3) is 0 Å². The summed E-state index contributed by atoms with van der Waals surface area (Å²) in [6.45, 7) is 13.2. The Balaban J connectivity index is 1.34. The van der Waals surface area contributed by atoms with E-state index in [-0.39, 0.29) is 40.5 Å². The van der Waals surface area contributed by atoms with Gasteiger partial charge in [-0.3, -0.25) is 4.79 Å². The number of likely N-dealkylation sites (tertiary alicyclic amines) is 3. The number of aliphatic hydroxyl groups excluding tert-OH is 1. The third kappa shape index (κ3) is 11.5. The van der Waals surface area contributed by atoms with Crippen molar-refractivity contribution in [1.82, 2.24) is 14.7 Å². The standard InChI is InChI=1S/C53H65N9O7/c1-50(2)19-35(38(25-54)44(22-50)60-13-7-8-14-60)41(28-57)47(64)67-32-53(31-63,33-68-48(65)42(29-58)36-20-51(3,4)23-45(39(36)26-55)61-15-9-10-16-61)34-69-49(66)43(30-59)37-21-52(5,6)24-46(40(37)27-56)62-17-11-12-18-62/h35,41,63H,7-24,31-34H2,1-6H3/b42-36+,43-37+. The summed E-state index contributed by atoms with van der Waals surface area (Å²) < 4.78 is 17.4. The quantitative estimate of drug-likeness (QED) is 0.0791. The maximum absolute atomic E-state index is 14.2. The maximum atomic E-state index is 14.2. The minimum atomic E-state index is -1.92. The van der Waals surface area contributed by atoms with Crippen LogP contribution in [0.4, 0.5) is 0 Å². The molecule has 6 rings (SSSR count). The number of allylic oxidation sites excluding steroid dienone is 8. The Kier molecular flexibility index (Phi) is 16.0. The van der Waals surface area contributed by atoms with Crippen LogP contribution in [0.3, 0.4) is 0 Å². The Morgan fingerprint density at radius 1 is 0.594 bits per heavy atom. The number of esters is 3. The second-order valence-corrected chi connectivity index (χ2v) is 22.1. The first-order chi connectivity index (χ1) is 32.8. The second-order valence-electron chi connectivity index (χ2n) is 22.1. The number of nitriles is 6. The van der Waals surface area contributed by atoms with Crippen molar-refractivity contribution in [3.63, 3.8) is 0 Å². The zero-order valence-electron chi connectivity index (χ0n) is 41.1. The molecule has 69 heavy (non-hydrogen) atoms. The highest BCUT2D eigenvalue weighted by Gasteiger charge is 2.46. The number of hydrogen-bond donors (Lipinski definition) is 1. The average molecular weight is 940 g/mol.